The van der Waals surface area contributed by atoms with Gasteiger partial charge in [-0.25, -0.2) is 4.79 Å². The standard InChI is InChI=1S/C17H25NO4/c1-17(2,3)22-16(20)18-10-6-7-13(11-18)12-21-15-9-5-4-8-14(15)19/h4-5,8-9,13,19H,6-7,10-12H2,1-3H3/t13-/m0/s1. The van der Waals surface area contributed by atoms with Crippen LogP contribution in [0.15, 0.2) is 24.3 Å². The van der Waals surface area contributed by atoms with Crippen molar-refractivity contribution < 1.29 is 19.4 Å². The highest BCUT2D eigenvalue weighted by atomic mass is 16.6. The van der Waals surface area contributed by atoms with Crippen LogP contribution >= 0.6 is 0 Å². The Bertz CT molecular complexity index is 510. The van der Waals surface area contributed by atoms with Crippen LogP contribution in [0, 0.1) is 5.92 Å². The van der Waals surface area contributed by atoms with Gasteiger partial charge in [0.15, 0.2) is 11.5 Å². The molecule has 1 saturated heterocycles. The van der Waals surface area contributed by atoms with Crippen molar-refractivity contribution in [1.82, 2.24) is 4.90 Å². The third-order valence-electron chi connectivity index (χ3n) is 3.51. The van der Waals surface area contributed by atoms with Crippen molar-refractivity contribution in [3.05, 3.63) is 24.3 Å². The van der Waals surface area contributed by atoms with E-state index in [1.54, 1.807) is 23.1 Å². The zero-order valence-electron chi connectivity index (χ0n) is 13.5. The van der Waals surface area contributed by atoms with E-state index >= 15 is 0 Å². The molecule has 0 bridgehead atoms. The molecule has 1 fully saturated rings. The van der Waals surface area contributed by atoms with Crippen LogP contribution in [0.3, 0.4) is 0 Å². The Morgan fingerprint density at radius 2 is 2.09 bits per heavy atom. The first-order valence-electron chi connectivity index (χ1n) is 7.74. The Labute approximate surface area is 131 Å². The fourth-order valence-electron chi connectivity index (χ4n) is 2.48. The molecule has 1 N–H and O–H groups in total. The molecule has 0 aromatic heterocycles. The number of benzene rings is 1. The highest BCUT2D eigenvalue weighted by Gasteiger charge is 2.28. The maximum atomic E-state index is 12.1. The molecule has 122 valence electrons. The molecule has 1 atom stereocenters. The number of hydrogen-bond donors (Lipinski definition) is 1. The van der Waals surface area contributed by atoms with E-state index in [1.807, 2.05) is 26.8 Å². The van der Waals surface area contributed by atoms with E-state index < -0.39 is 5.60 Å². The summed E-state index contributed by atoms with van der Waals surface area (Å²) in [6.07, 6.45) is 1.68. The summed E-state index contributed by atoms with van der Waals surface area (Å²) < 4.78 is 11.1. The number of phenolic OH excluding ortho intramolecular Hbond substituents is 1. The summed E-state index contributed by atoms with van der Waals surface area (Å²) in [5.74, 6) is 0.875. The van der Waals surface area contributed by atoms with Crippen molar-refractivity contribution >= 4 is 6.09 Å². The number of hydrogen-bond acceptors (Lipinski definition) is 4. The normalized spacial score (nSPS) is 18.9. The summed E-state index contributed by atoms with van der Waals surface area (Å²) in [4.78, 5) is 13.9. The van der Waals surface area contributed by atoms with Gasteiger partial charge in [0.2, 0.25) is 0 Å². The van der Waals surface area contributed by atoms with Gasteiger partial charge in [-0.05, 0) is 45.7 Å². The quantitative estimate of drug-likeness (QED) is 0.929. The Kier molecular flexibility index (Phi) is 5.16. The van der Waals surface area contributed by atoms with Gasteiger partial charge in [0.05, 0.1) is 6.61 Å². The third-order valence-corrected chi connectivity index (χ3v) is 3.51. The van der Waals surface area contributed by atoms with E-state index in [-0.39, 0.29) is 17.8 Å². The zero-order valence-corrected chi connectivity index (χ0v) is 13.5. The lowest BCUT2D eigenvalue weighted by molar-refractivity contribution is 0.0138. The molecular formula is C17H25NO4. The number of piperidine rings is 1. The number of amides is 1. The first kappa shape index (κ1) is 16.5. The SMILES string of the molecule is CC(C)(C)OC(=O)N1CCC[C@H](COc2ccccc2O)C1. The van der Waals surface area contributed by atoms with Gasteiger partial charge in [-0.2, -0.15) is 0 Å². The lowest BCUT2D eigenvalue weighted by atomic mass is 9.99. The average molecular weight is 307 g/mol. The molecule has 5 heteroatoms. The molecule has 0 spiro atoms. The predicted octanol–water partition coefficient (Wildman–Crippen LogP) is 3.42. The molecule has 0 aliphatic carbocycles. The number of carbonyl (C=O) groups excluding carboxylic acids is 1. The summed E-state index contributed by atoms with van der Waals surface area (Å²) >= 11 is 0. The molecule has 0 radical (unpaired) electrons. The van der Waals surface area contributed by atoms with Crippen LogP contribution in [0.4, 0.5) is 4.79 Å². The zero-order chi connectivity index (χ0) is 16.2. The molecular weight excluding hydrogens is 282 g/mol. The van der Waals surface area contributed by atoms with Gasteiger partial charge < -0.3 is 19.5 Å². The van der Waals surface area contributed by atoms with Gasteiger partial charge >= 0.3 is 6.09 Å². The smallest absolute Gasteiger partial charge is 0.410 e. The predicted molar refractivity (Wildman–Crippen MR) is 84.1 cm³/mol. The van der Waals surface area contributed by atoms with Gasteiger partial charge in [-0.15, -0.1) is 0 Å². The maximum absolute atomic E-state index is 12.1. The van der Waals surface area contributed by atoms with Crippen molar-refractivity contribution in [3.8, 4) is 11.5 Å². The number of aromatic hydroxyl groups is 1. The number of rotatable bonds is 3. The van der Waals surface area contributed by atoms with Crippen LogP contribution < -0.4 is 4.74 Å². The Balaban J connectivity index is 1.86. The second-order valence-electron chi connectivity index (χ2n) is 6.71. The average Bonchev–Trinajstić information content (AvgIpc) is 2.45. The van der Waals surface area contributed by atoms with Crippen molar-refractivity contribution in [2.75, 3.05) is 19.7 Å². The fraction of sp³-hybridized carbons (Fsp3) is 0.588. The molecule has 1 aromatic carbocycles. The largest absolute Gasteiger partial charge is 0.504 e. The Morgan fingerprint density at radius 1 is 1.36 bits per heavy atom. The highest BCUT2D eigenvalue weighted by Crippen LogP contribution is 2.26. The minimum absolute atomic E-state index is 0.141. The molecule has 0 unspecified atom stereocenters. The van der Waals surface area contributed by atoms with Crippen LogP contribution in [0.5, 0.6) is 11.5 Å². The number of nitrogens with zero attached hydrogens (tertiary/aromatic N) is 1. The molecule has 0 saturated carbocycles. The number of carbonyl (C=O) groups is 1. The molecule has 1 heterocycles. The van der Waals surface area contributed by atoms with Crippen LogP contribution in [-0.4, -0.2) is 41.4 Å². The van der Waals surface area contributed by atoms with Crippen molar-refractivity contribution in [2.45, 2.75) is 39.2 Å². The fourth-order valence-corrected chi connectivity index (χ4v) is 2.48. The van der Waals surface area contributed by atoms with Crippen molar-refractivity contribution in [1.29, 1.82) is 0 Å². The lowest BCUT2D eigenvalue weighted by Crippen LogP contribution is -2.44. The number of para-hydroxylation sites is 2. The van der Waals surface area contributed by atoms with Crippen molar-refractivity contribution in [3.63, 3.8) is 0 Å². The van der Waals surface area contributed by atoms with Crippen LogP contribution in [0.25, 0.3) is 0 Å². The molecule has 5 nitrogen and oxygen atoms in total. The molecule has 1 amide bonds. The first-order chi connectivity index (χ1) is 10.3. The van der Waals surface area contributed by atoms with E-state index in [2.05, 4.69) is 0 Å². The van der Waals surface area contributed by atoms with E-state index in [9.17, 15) is 9.90 Å². The summed E-state index contributed by atoms with van der Waals surface area (Å²) in [5.41, 5.74) is -0.476. The van der Waals surface area contributed by atoms with E-state index in [0.29, 0.717) is 18.9 Å². The van der Waals surface area contributed by atoms with E-state index in [4.69, 9.17) is 9.47 Å². The first-order valence-corrected chi connectivity index (χ1v) is 7.74. The van der Waals surface area contributed by atoms with Crippen LogP contribution in [0.2, 0.25) is 0 Å². The van der Waals surface area contributed by atoms with E-state index in [0.717, 1.165) is 19.4 Å². The van der Waals surface area contributed by atoms with Gasteiger partial charge in [0, 0.05) is 19.0 Å². The van der Waals surface area contributed by atoms with Gasteiger partial charge in [-0.3, -0.25) is 0 Å². The van der Waals surface area contributed by atoms with Gasteiger partial charge in [0.1, 0.15) is 5.60 Å². The van der Waals surface area contributed by atoms with Gasteiger partial charge in [-0.1, -0.05) is 12.1 Å². The second kappa shape index (κ2) is 6.90. The lowest BCUT2D eigenvalue weighted by Gasteiger charge is -2.34. The number of ether oxygens (including phenoxy) is 2. The van der Waals surface area contributed by atoms with Gasteiger partial charge in [0.25, 0.3) is 0 Å². The number of phenols is 1. The third kappa shape index (κ3) is 4.83. The van der Waals surface area contributed by atoms with E-state index in [1.165, 1.54) is 0 Å². The molecule has 1 aliphatic heterocycles. The molecule has 22 heavy (non-hydrogen) atoms. The Hall–Kier alpha value is -1.91. The second-order valence-corrected chi connectivity index (χ2v) is 6.71. The van der Waals surface area contributed by atoms with Crippen LogP contribution in [0.1, 0.15) is 33.6 Å². The minimum Gasteiger partial charge on any atom is -0.504 e. The van der Waals surface area contributed by atoms with Crippen molar-refractivity contribution in [2.24, 2.45) is 5.92 Å². The summed E-state index contributed by atoms with van der Waals surface area (Å²) in [7, 11) is 0. The molecule has 1 aromatic rings. The topological polar surface area (TPSA) is 59.0 Å². The monoisotopic (exact) mass is 307 g/mol. The molecule has 2 rings (SSSR count). The number of likely N-dealkylation sites (tertiary alicyclic amines) is 1. The summed E-state index contributed by atoms with van der Waals surface area (Å²) in [5, 5.41) is 9.70. The summed E-state index contributed by atoms with van der Waals surface area (Å²) in [6, 6.07) is 6.92. The summed E-state index contributed by atoms with van der Waals surface area (Å²) in [6.45, 7) is 7.44. The highest BCUT2D eigenvalue weighted by molar-refractivity contribution is 5.68. The van der Waals surface area contributed by atoms with Crippen LogP contribution in [-0.2, 0) is 4.74 Å². The molecule has 1 aliphatic rings. The Morgan fingerprint density at radius 3 is 2.77 bits per heavy atom. The maximum Gasteiger partial charge on any atom is 0.410 e. The minimum atomic E-state index is -0.476.